The molecule has 0 fully saturated rings. The summed E-state index contributed by atoms with van der Waals surface area (Å²) in [5.41, 5.74) is 4.46. The molecule has 0 aliphatic carbocycles. The molecule has 0 bridgehead atoms. The first-order chi connectivity index (χ1) is 10.3. The van der Waals surface area contributed by atoms with Crippen LogP contribution in [-0.2, 0) is 4.84 Å². The molecule has 1 N–H and O–H groups in total. The summed E-state index contributed by atoms with van der Waals surface area (Å²) in [7, 11) is 3.15. The van der Waals surface area contributed by atoms with Crippen molar-refractivity contribution in [2.75, 3.05) is 14.2 Å². The zero-order chi connectivity index (χ0) is 15.1. The van der Waals surface area contributed by atoms with Gasteiger partial charge in [0.2, 0.25) is 0 Å². The maximum absolute atomic E-state index is 12.4. The number of benzene rings is 2. The zero-order valence-electron chi connectivity index (χ0n) is 12.2. The number of hydrogen-bond donors (Lipinski definition) is 1. The van der Waals surface area contributed by atoms with E-state index in [-0.39, 0.29) is 18.2 Å². The number of methoxy groups -OCH3 is 1. The van der Waals surface area contributed by atoms with E-state index in [0.717, 1.165) is 11.3 Å². The molecule has 0 heterocycles. The summed E-state index contributed by atoms with van der Waals surface area (Å²) in [6.45, 7) is 0. The van der Waals surface area contributed by atoms with Gasteiger partial charge in [0.05, 0.1) is 20.3 Å². The number of hydrogen-bond acceptors (Lipinski definition) is 4. The third kappa shape index (κ3) is 3.90. The van der Waals surface area contributed by atoms with Gasteiger partial charge in [0.25, 0.3) is 0 Å². The van der Waals surface area contributed by atoms with Crippen LogP contribution in [0, 0.1) is 0 Å². The van der Waals surface area contributed by atoms with E-state index in [1.807, 2.05) is 54.6 Å². The SMILES string of the molecule is CONC(CC(=O)c1ccccc1)c1ccccc1OC. The average Bonchev–Trinajstić information content (AvgIpc) is 2.55. The van der Waals surface area contributed by atoms with Crippen molar-refractivity contribution in [2.45, 2.75) is 12.5 Å². The van der Waals surface area contributed by atoms with Gasteiger partial charge in [-0.3, -0.25) is 4.79 Å². The second-order valence-electron chi connectivity index (χ2n) is 4.61. The van der Waals surface area contributed by atoms with E-state index in [9.17, 15) is 4.79 Å². The molecule has 2 rings (SSSR count). The fourth-order valence-corrected chi connectivity index (χ4v) is 2.24. The van der Waals surface area contributed by atoms with Crippen molar-refractivity contribution in [1.82, 2.24) is 5.48 Å². The highest BCUT2D eigenvalue weighted by molar-refractivity contribution is 5.96. The van der Waals surface area contributed by atoms with Gasteiger partial charge in [-0.1, -0.05) is 48.5 Å². The summed E-state index contributed by atoms with van der Waals surface area (Å²) in [5.74, 6) is 0.781. The molecule has 0 spiro atoms. The normalized spacial score (nSPS) is 11.9. The lowest BCUT2D eigenvalue weighted by atomic mass is 9.98. The van der Waals surface area contributed by atoms with E-state index in [2.05, 4.69) is 5.48 Å². The number of rotatable bonds is 7. The van der Waals surface area contributed by atoms with Crippen LogP contribution in [0.15, 0.2) is 54.6 Å². The highest BCUT2D eigenvalue weighted by Gasteiger charge is 2.20. The first-order valence-corrected chi connectivity index (χ1v) is 6.76. The van der Waals surface area contributed by atoms with E-state index in [0.29, 0.717) is 5.56 Å². The molecular weight excluding hydrogens is 266 g/mol. The van der Waals surface area contributed by atoms with Crippen LogP contribution in [0.2, 0.25) is 0 Å². The summed E-state index contributed by atoms with van der Waals surface area (Å²) >= 11 is 0. The minimum atomic E-state index is -0.265. The van der Waals surface area contributed by atoms with Crippen molar-refractivity contribution in [1.29, 1.82) is 0 Å². The van der Waals surface area contributed by atoms with E-state index in [4.69, 9.17) is 9.57 Å². The maximum Gasteiger partial charge on any atom is 0.164 e. The van der Waals surface area contributed by atoms with Gasteiger partial charge in [-0.2, -0.15) is 5.48 Å². The molecule has 0 aromatic heterocycles. The van der Waals surface area contributed by atoms with Crippen molar-refractivity contribution >= 4 is 5.78 Å². The Kier molecular flexibility index (Phi) is 5.49. The average molecular weight is 285 g/mol. The van der Waals surface area contributed by atoms with Gasteiger partial charge in [0, 0.05) is 17.5 Å². The smallest absolute Gasteiger partial charge is 0.164 e. The van der Waals surface area contributed by atoms with Crippen molar-refractivity contribution < 1.29 is 14.4 Å². The molecule has 2 aromatic rings. The Bertz CT molecular complexity index is 584. The van der Waals surface area contributed by atoms with E-state index in [1.165, 1.54) is 7.11 Å². The molecule has 2 aromatic carbocycles. The Morgan fingerprint density at radius 1 is 1.05 bits per heavy atom. The van der Waals surface area contributed by atoms with Crippen LogP contribution in [0.25, 0.3) is 0 Å². The highest BCUT2D eigenvalue weighted by atomic mass is 16.6. The van der Waals surface area contributed by atoms with Gasteiger partial charge < -0.3 is 9.57 Å². The highest BCUT2D eigenvalue weighted by Crippen LogP contribution is 2.28. The first-order valence-electron chi connectivity index (χ1n) is 6.76. The van der Waals surface area contributed by atoms with Gasteiger partial charge in [0.15, 0.2) is 5.78 Å². The molecule has 1 unspecified atom stereocenters. The third-order valence-corrected chi connectivity index (χ3v) is 3.26. The standard InChI is InChI=1S/C17H19NO3/c1-20-17-11-7-6-10-14(17)15(18-21-2)12-16(19)13-8-4-3-5-9-13/h3-11,15,18H,12H2,1-2H3. The molecule has 0 amide bonds. The molecule has 21 heavy (non-hydrogen) atoms. The monoisotopic (exact) mass is 285 g/mol. The predicted octanol–water partition coefficient (Wildman–Crippen LogP) is 3.16. The predicted molar refractivity (Wildman–Crippen MR) is 81.3 cm³/mol. The van der Waals surface area contributed by atoms with Crippen molar-refractivity contribution in [2.24, 2.45) is 0 Å². The van der Waals surface area contributed by atoms with Crippen LogP contribution < -0.4 is 10.2 Å². The van der Waals surface area contributed by atoms with Crippen LogP contribution in [0.4, 0.5) is 0 Å². The lowest BCUT2D eigenvalue weighted by Gasteiger charge is -2.19. The van der Waals surface area contributed by atoms with Crippen LogP contribution in [-0.4, -0.2) is 20.0 Å². The van der Waals surface area contributed by atoms with Gasteiger partial charge in [-0.15, -0.1) is 0 Å². The number of carbonyl (C=O) groups excluding carboxylic acids is 1. The quantitative estimate of drug-likeness (QED) is 0.627. The van der Waals surface area contributed by atoms with Crippen molar-refractivity contribution in [3.8, 4) is 5.75 Å². The molecule has 4 nitrogen and oxygen atoms in total. The number of para-hydroxylation sites is 1. The first kappa shape index (κ1) is 15.2. The summed E-state index contributed by atoms with van der Waals surface area (Å²) in [6.07, 6.45) is 0.290. The number of hydroxylamine groups is 1. The Morgan fingerprint density at radius 3 is 2.38 bits per heavy atom. The molecule has 0 radical (unpaired) electrons. The van der Waals surface area contributed by atoms with Crippen LogP contribution in [0.3, 0.4) is 0 Å². The minimum Gasteiger partial charge on any atom is -0.496 e. The fraction of sp³-hybridized carbons (Fsp3) is 0.235. The second kappa shape index (κ2) is 7.57. The molecule has 1 atom stereocenters. The molecule has 0 aliphatic heterocycles. The molecule has 110 valence electrons. The maximum atomic E-state index is 12.4. The summed E-state index contributed by atoms with van der Waals surface area (Å²) in [5, 5.41) is 0. The summed E-state index contributed by atoms with van der Waals surface area (Å²) in [6, 6.07) is 16.6. The van der Waals surface area contributed by atoms with Crippen LogP contribution in [0.1, 0.15) is 28.4 Å². The Hall–Kier alpha value is -2.17. The number of carbonyl (C=O) groups is 1. The second-order valence-corrected chi connectivity index (χ2v) is 4.61. The number of ketones is 1. The van der Waals surface area contributed by atoms with E-state index in [1.54, 1.807) is 7.11 Å². The molecule has 4 heteroatoms. The fourth-order valence-electron chi connectivity index (χ4n) is 2.24. The zero-order valence-corrected chi connectivity index (χ0v) is 12.2. The van der Waals surface area contributed by atoms with Gasteiger partial charge in [-0.25, -0.2) is 0 Å². The summed E-state index contributed by atoms with van der Waals surface area (Å²) in [4.78, 5) is 17.4. The lowest BCUT2D eigenvalue weighted by Crippen LogP contribution is -2.23. The third-order valence-electron chi connectivity index (χ3n) is 3.26. The van der Waals surface area contributed by atoms with Gasteiger partial charge >= 0.3 is 0 Å². The van der Waals surface area contributed by atoms with E-state index < -0.39 is 0 Å². The van der Waals surface area contributed by atoms with Crippen LogP contribution in [0.5, 0.6) is 5.75 Å². The largest absolute Gasteiger partial charge is 0.496 e. The molecule has 0 saturated heterocycles. The lowest BCUT2D eigenvalue weighted by molar-refractivity contribution is 0.0539. The van der Waals surface area contributed by atoms with Crippen molar-refractivity contribution in [3.63, 3.8) is 0 Å². The Balaban J connectivity index is 2.21. The summed E-state index contributed by atoms with van der Waals surface area (Å²) < 4.78 is 5.35. The van der Waals surface area contributed by atoms with Gasteiger partial charge in [-0.05, 0) is 6.07 Å². The topological polar surface area (TPSA) is 47.6 Å². The Morgan fingerprint density at radius 2 is 1.71 bits per heavy atom. The van der Waals surface area contributed by atoms with E-state index >= 15 is 0 Å². The Labute approximate surface area is 124 Å². The van der Waals surface area contributed by atoms with Gasteiger partial charge in [0.1, 0.15) is 5.75 Å². The molecular formula is C17H19NO3. The number of nitrogens with one attached hydrogen (secondary N) is 1. The number of Topliss-reactive ketones (excluding diaryl/α,β-unsaturated/α-hetero) is 1. The van der Waals surface area contributed by atoms with Crippen LogP contribution >= 0.6 is 0 Å². The molecule has 0 saturated carbocycles. The minimum absolute atomic E-state index is 0.0519. The molecule has 0 aliphatic rings. The van der Waals surface area contributed by atoms with Crippen molar-refractivity contribution in [3.05, 3.63) is 65.7 Å². The number of ether oxygens (including phenoxy) is 1.